The first-order chi connectivity index (χ1) is 8.54. The van der Waals surface area contributed by atoms with Crippen molar-refractivity contribution in [1.29, 1.82) is 0 Å². The molecule has 0 aromatic heterocycles. The monoisotopic (exact) mass is 313 g/mol. The van der Waals surface area contributed by atoms with Crippen molar-refractivity contribution in [1.82, 2.24) is 0 Å². The lowest BCUT2D eigenvalue weighted by Crippen LogP contribution is -2.26. The molecular formula is C11H12BrN3O3. The van der Waals surface area contributed by atoms with Gasteiger partial charge in [-0.05, 0) is 12.0 Å². The van der Waals surface area contributed by atoms with Crippen LogP contribution in [0.1, 0.15) is 6.42 Å². The van der Waals surface area contributed by atoms with Crippen molar-refractivity contribution in [3.63, 3.8) is 0 Å². The van der Waals surface area contributed by atoms with Crippen LogP contribution in [0.15, 0.2) is 18.2 Å². The van der Waals surface area contributed by atoms with E-state index >= 15 is 0 Å². The summed E-state index contributed by atoms with van der Waals surface area (Å²) in [5, 5.41) is 11.7. The maximum absolute atomic E-state index is 11.9. The summed E-state index contributed by atoms with van der Waals surface area (Å²) >= 11 is 3.33. The van der Waals surface area contributed by atoms with Gasteiger partial charge in [0, 0.05) is 24.4 Å². The van der Waals surface area contributed by atoms with Crippen molar-refractivity contribution in [3.8, 4) is 0 Å². The number of anilines is 2. The van der Waals surface area contributed by atoms with Crippen LogP contribution < -0.4 is 10.6 Å². The average Bonchev–Trinajstić information content (AvgIpc) is 2.70. The number of para-hydroxylation sites is 1. The maximum atomic E-state index is 11.9. The van der Waals surface area contributed by atoms with Crippen molar-refractivity contribution in [3.05, 3.63) is 28.3 Å². The minimum Gasteiger partial charge on any atom is -0.397 e. The number of amides is 1. The van der Waals surface area contributed by atoms with Gasteiger partial charge in [0.1, 0.15) is 5.69 Å². The van der Waals surface area contributed by atoms with Crippen LogP contribution in [0.4, 0.5) is 17.1 Å². The SMILES string of the molecule is Nc1cccc([N+](=O)[O-])c1N1CC(CBr)CC1=O. The quantitative estimate of drug-likeness (QED) is 0.399. The third-order valence-electron chi connectivity index (χ3n) is 2.94. The van der Waals surface area contributed by atoms with Gasteiger partial charge in [-0.15, -0.1) is 0 Å². The Morgan fingerprint density at radius 2 is 2.28 bits per heavy atom. The van der Waals surface area contributed by atoms with Gasteiger partial charge in [-0.1, -0.05) is 22.0 Å². The fourth-order valence-corrected chi connectivity index (χ4v) is 2.52. The zero-order valence-electron chi connectivity index (χ0n) is 9.51. The third-order valence-corrected chi connectivity index (χ3v) is 3.85. The number of nitro groups is 1. The molecular weight excluding hydrogens is 302 g/mol. The molecule has 1 aliphatic heterocycles. The summed E-state index contributed by atoms with van der Waals surface area (Å²) in [6.45, 7) is 0.457. The van der Waals surface area contributed by atoms with E-state index in [4.69, 9.17) is 5.73 Å². The fraction of sp³-hybridized carbons (Fsp3) is 0.364. The molecule has 0 bridgehead atoms. The average molecular weight is 314 g/mol. The number of hydrogen-bond donors (Lipinski definition) is 1. The molecule has 1 heterocycles. The summed E-state index contributed by atoms with van der Waals surface area (Å²) < 4.78 is 0. The summed E-state index contributed by atoms with van der Waals surface area (Å²) in [6, 6.07) is 4.44. The van der Waals surface area contributed by atoms with Gasteiger partial charge >= 0.3 is 0 Å². The number of nitro benzene ring substituents is 1. The second-order valence-electron chi connectivity index (χ2n) is 4.20. The number of halogens is 1. The Kier molecular flexibility index (Phi) is 3.51. The highest BCUT2D eigenvalue weighted by atomic mass is 79.9. The van der Waals surface area contributed by atoms with Crippen LogP contribution in [0.2, 0.25) is 0 Å². The number of hydrogen-bond acceptors (Lipinski definition) is 4. The first-order valence-corrected chi connectivity index (χ1v) is 6.56. The van der Waals surface area contributed by atoms with Crippen molar-refractivity contribution < 1.29 is 9.72 Å². The molecule has 1 fully saturated rings. The summed E-state index contributed by atoms with van der Waals surface area (Å²) in [5.41, 5.74) is 6.13. The van der Waals surface area contributed by atoms with Crippen molar-refractivity contribution >= 4 is 38.9 Å². The maximum Gasteiger partial charge on any atom is 0.295 e. The number of benzene rings is 1. The molecule has 0 aliphatic carbocycles. The van der Waals surface area contributed by atoms with E-state index in [1.54, 1.807) is 6.07 Å². The zero-order chi connectivity index (χ0) is 13.3. The molecule has 0 radical (unpaired) electrons. The summed E-state index contributed by atoms with van der Waals surface area (Å²) in [6.07, 6.45) is 0.386. The van der Waals surface area contributed by atoms with E-state index in [-0.39, 0.29) is 28.9 Å². The Balaban J connectivity index is 2.45. The van der Waals surface area contributed by atoms with Crippen LogP contribution >= 0.6 is 15.9 Å². The largest absolute Gasteiger partial charge is 0.397 e. The molecule has 1 aromatic rings. The topological polar surface area (TPSA) is 89.5 Å². The van der Waals surface area contributed by atoms with Crippen molar-refractivity contribution in [2.45, 2.75) is 6.42 Å². The number of carbonyl (C=O) groups excluding carboxylic acids is 1. The van der Waals surface area contributed by atoms with Gasteiger partial charge in [-0.25, -0.2) is 0 Å². The summed E-state index contributed by atoms with van der Waals surface area (Å²) in [7, 11) is 0. The van der Waals surface area contributed by atoms with Crippen LogP contribution in [0.3, 0.4) is 0 Å². The molecule has 2 rings (SSSR count). The molecule has 0 spiro atoms. The first-order valence-electron chi connectivity index (χ1n) is 5.43. The van der Waals surface area contributed by atoms with E-state index in [9.17, 15) is 14.9 Å². The number of nitrogens with zero attached hydrogens (tertiary/aromatic N) is 2. The number of carbonyl (C=O) groups is 1. The molecule has 1 unspecified atom stereocenters. The second kappa shape index (κ2) is 4.93. The van der Waals surface area contributed by atoms with E-state index in [2.05, 4.69) is 15.9 Å². The van der Waals surface area contributed by atoms with Gasteiger partial charge in [-0.3, -0.25) is 14.9 Å². The Hall–Kier alpha value is -1.63. The Labute approximate surface area is 112 Å². The van der Waals surface area contributed by atoms with E-state index in [1.165, 1.54) is 17.0 Å². The Bertz CT molecular complexity index is 506. The van der Waals surface area contributed by atoms with Crippen LogP contribution in [0, 0.1) is 16.0 Å². The highest BCUT2D eigenvalue weighted by Crippen LogP contribution is 2.37. The number of rotatable bonds is 3. The lowest BCUT2D eigenvalue weighted by Gasteiger charge is -2.18. The molecule has 1 atom stereocenters. The predicted octanol–water partition coefficient (Wildman–Crippen LogP) is 1.92. The molecule has 96 valence electrons. The molecule has 7 heteroatoms. The van der Waals surface area contributed by atoms with Crippen molar-refractivity contribution in [2.24, 2.45) is 5.92 Å². The lowest BCUT2D eigenvalue weighted by atomic mass is 10.1. The molecule has 18 heavy (non-hydrogen) atoms. The minimum atomic E-state index is -0.513. The van der Waals surface area contributed by atoms with Gasteiger partial charge in [0.15, 0.2) is 0 Å². The molecule has 0 saturated carbocycles. The predicted molar refractivity (Wildman–Crippen MR) is 71.8 cm³/mol. The van der Waals surface area contributed by atoms with E-state index in [0.717, 1.165) is 0 Å². The van der Waals surface area contributed by atoms with E-state index in [0.29, 0.717) is 18.3 Å². The summed E-state index contributed by atoms with van der Waals surface area (Å²) in [5.74, 6) is 0.0390. The minimum absolute atomic E-state index is 0.125. The van der Waals surface area contributed by atoms with Crippen LogP contribution in [-0.4, -0.2) is 22.7 Å². The molecule has 1 aliphatic rings. The van der Waals surface area contributed by atoms with Crippen LogP contribution in [0.5, 0.6) is 0 Å². The lowest BCUT2D eigenvalue weighted by molar-refractivity contribution is -0.384. The molecule has 6 nitrogen and oxygen atoms in total. The summed E-state index contributed by atoms with van der Waals surface area (Å²) in [4.78, 5) is 23.8. The number of alkyl halides is 1. The van der Waals surface area contributed by atoms with Crippen LogP contribution in [-0.2, 0) is 4.79 Å². The van der Waals surface area contributed by atoms with E-state index < -0.39 is 4.92 Å². The number of nitrogen functional groups attached to an aromatic ring is 1. The molecule has 2 N–H and O–H groups in total. The molecule has 1 saturated heterocycles. The van der Waals surface area contributed by atoms with Gasteiger partial charge < -0.3 is 10.6 Å². The smallest absolute Gasteiger partial charge is 0.295 e. The highest BCUT2D eigenvalue weighted by Gasteiger charge is 2.34. The van der Waals surface area contributed by atoms with Gasteiger partial charge in [0.2, 0.25) is 5.91 Å². The van der Waals surface area contributed by atoms with Crippen molar-refractivity contribution in [2.75, 3.05) is 22.5 Å². The molecule has 1 amide bonds. The van der Waals surface area contributed by atoms with Gasteiger partial charge in [-0.2, -0.15) is 0 Å². The van der Waals surface area contributed by atoms with E-state index in [1.807, 2.05) is 0 Å². The second-order valence-corrected chi connectivity index (χ2v) is 4.85. The highest BCUT2D eigenvalue weighted by molar-refractivity contribution is 9.09. The number of nitrogens with two attached hydrogens (primary N) is 1. The normalized spacial score (nSPS) is 19.3. The Morgan fingerprint density at radius 3 is 2.83 bits per heavy atom. The van der Waals surface area contributed by atoms with Gasteiger partial charge in [0.25, 0.3) is 5.69 Å². The first kappa shape index (κ1) is 12.8. The third kappa shape index (κ3) is 2.17. The van der Waals surface area contributed by atoms with Crippen LogP contribution in [0.25, 0.3) is 0 Å². The molecule has 1 aromatic carbocycles. The standard InChI is InChI=1S/C11H12BrN3O3/c12-5-7-4-10(16)14(6-7)11-8(13)2-1-3-9(11)15(17)18/h1-3,7H,4-6,13H2. The Morgan fingerprint density at radius 1 is 1.56 bits per heavy atom. The van der Waals surface area contributed by atoms with Gasteiger partial charge in [0.05, 0.1) is 10.6 Å². The fourth-order valence-electron chi connectivity index (χ4n) is 2.09. The zero-order valence-corrected chi connectivity index (χ0v) is 11.1.